The van der Waals surface area contributed by atoms with Crippen LogP contribution in [0.25, 0.3) is 0 Å². The van der Waals surface area contributed by atoms with E-state index in [2.05, 4.69) is 0 Å². The van der Waals surface area contributed by atoms with Gasteiger partial charge in [0.2, 0.25) is 0 Å². The van der Waals surface area contributed by atoms with E-state index in [0.717, 1.165) is 0 Å². The molecule has 0 spiro atoms. The van der Waals surface area contributed by atoms with Gasteiger partial charge in [0.05, 0.1) is 0 Å². The van der Waals surface area contributed by atoms with E-state index in [9.17, 15) is 0 Å². The van der Waals surface area contributed by atoms with E-state index in [4.69, 9.17) is 38.6 Å². The van der Waals surface area contributed by atoms with Crippen LogP contribution in [0.1, 0.15) is 47.0 Å². The van der Waals surface area contributed by atoms with Gasteiger partial charge in [-0.25, -0.2) is 0 Å². The molecule has 2 unspecified atom stereocenters. The van der Waals surface area contributed by atoms with Gasteiger partial charge in [0.15, 0.2) is 0 Å². The Morgan fingerprint density at radius 3 is 2.08 bits per heavy atom. The Kier molecular flexibility index (Phi) is 13.1. The standard InChI is InChI=1S/C15H36N2O6Si/c1-6-19-15(20-7-2,11-9-12-16)23-24(18-5,21-8-3)22-13-10-14(4)17/h14H,6-13,16-17H2,1-5H3. The second-order valence-electron chi connectivity index (χ2n) is 5.29. The molecule has 8 nitrogen and oxygen atoms in total. The molecular formula is C15H36N2O6Si. The van der Waals surface area contributed by atoms with Gasteiger partial charge in [-0.3, -0.25) is 4.43 Å². The maximum atomic E-state index is 6.11. The maximum absolute atomic E-state index is 6.11. The monoisotopic (exact) mass is 368 g/mol. The predicted octanol–water partition coefficient (Wildman–Crippen LogP) is 1.34. The summed E-state index contributed by atoms with van der Waals surface area (Å²) >= 11 is 0. The van der Waals surface area contributed by atoms with Gasteiger partial charge in [-0.05, 0) is 47.1 Å². The highest BCUT2D eigenvalue weighted by atomic mass is 28.4. The van der Waals surface area contributed by atoms with Crippen LogP contribution in [0.2, 0.25) is 0 Å². The van der Waals surface area contributed by atoms with Crippen LogP contribution in [0.15, 0.2) is 0 Å². The zero-order valence-electron chi connectivity index (χ0n) is 15.8. The molecule has 24 heavy (non-hydrogen) atoms. The van der Waals surface area contributed by atoms with E-state index in [1.165, 1.54) is 7.11 Å². The zero-order chi connectivity index (χ0) is 18.5. The van der Waals surface area contributed by atoms with Gasteiger partial charge in [0.1, 0.15) is 0 Å². The minimum absolute atomic E-state index is 0.0102. The number of ether oxygens (including phenoxy) is 2. The lowest BCUT2D eigenvalue weighted by Gasteiger charge is -2.38. The van der Waals surface area contributed by atoms with Crippen LogP contribution in [-0.4, -0.2) is 61.1 Å². The van der Waals surface area contributed by atoms with Gasteiger partial charge in [-0.15, -0.1) is 0 Å². The Hall–Kier alpha value is -0.103. The first-order valence-corrected chi connectivity index (χ1v) is 10.3. The number of hydrogen-bond donors (Lipinski definition) is 2. The van der Waals surface area contributed by atoms with Crippen LogP contribution in [0, 0.1) is 0 Å². The third kappa shape index (κ3) is 8.84. The second kappa shape index (κ2) is 13.1. The highest BCUT2D eigenvalue weighted by molar-refractivity contribution is 6.53. The van der Waals surface area contributed by atoms with Crippen molar-refractivity contribution in [3.05, 3.63) is 0 Å². The zero-order valence-corrected chi connectivity index (χ0v) is 16.8. The molecular weight excluding hydrogens is 332 g/mol. The largest absolute Gasteiger partial charge is 0.683 e. The van der Waals surface area contributed by atoms with Crippen molar-refractivity contribution in [3.8, 4) is 0 Å². The van der Waals surface area contributed by atoms with Crippen molar-refractivity contribution in [2.24, 2.45) is 11.5 Å². The number of nitrogens with two attached hydrogens (primary N) is 2. The smallest absolute Gasteiger partial charge is 0.354 e. The Labute approximate surface area is 147 Å². The maximum Gasteiger partial charge on any atom is 0.683 e. The van der Waals surface area contributed by atoms with E-state index in [1.54, 1.807) is 0 Å². The van der Waals surface area contributed by atoms with Gasteiger partial charge in [0, 0.05) is 46.0 Å². The first-order chi connectivity index (χ1) is 11.4. The molecule has 0 aliphatic rings. The molecule has 0 rings (SSSR count). The van der Waals surface area contributed by atoms with Crippen molar-refractivity contribution in [2.75, 3.05) is 40.1 Å². The fourth-order valence-corrected chi connectivity index (χ4v) is 3.89. The summed E-state index contributed by atoms with van der Waals surface area (Å²) in [5, 5.41) is 0. The molecule has 2 atom stereocenters. The summed E-state index contributed by atoms with van der Waals surface area (Å²) < 4.78 is 34.8. The molecule has 0 aromatic heterocycles. The molecule has 4 N–H and O–H groups in total. The first kappa shape index (κ1) is 23.9. The van der Waals surface area contributed by atoms with E-state index < -0.39 is 15.0 Å². The molecule has 0 saturated heterocycles. The van der Waals surface area contributed by atoms with Gasteiger partial charge in [-0.2, -0.15) is 0 Å². The molecule has 9 heteroatoms. The molecule has 0 aliphatic heterocycles. The number of rotatable bonds is 16. The average molecular weight is 369 g/mol. The highest BCUT2D eigenvalue weighted by Crippen LogP contribution is 2.28. The average Bonchev–Trinajstić information content (AvgIpc) is 2.53. The summed E-state index contributed by atoms with van der Waals surface area (Å²) in [6, 6.07) is 0.0102. The van der Waals surface area contributed by atoms with Crippen molar-refractivity contribution in [2.45, 2.75) is 59.0 Å². The molecule has 0 amide bonds. The van der Waals surface area contributed by atoms with Crippen LogP contribution in [0.4, 0.5) is 0 Å². The SMILES string of the molecule is CCOC(CCCN)(OCC)O[Si](OC)(OCC)OCCC(C)N. The van der Waals surface area contributed by atoms with Crippen LogP contribution in [0.3, 0.4) is 0 Å². The molecule has 0 saturated carbocycles. The lowest BCUT2D eigenvalue weighted by atomic mass is 10.2. The minimum Gasteiger partial charge on any atom is -0.354 e. The van der Waals surface area contributed by atoms with Crippen LogP contribution < -0.4 is 11.5 Å². The molecule has 0 bridgehead atoms. The van der Waals surface area contributed by atoms with Crippen LogP contribution in [-0.2, 0) is 27.2 Å². The molecule has 0 aromatic rings. The van der Waals surface area contributed by atoms with Gasteiger partial charge >= 0.3 is 9.05 Å². The lowest BCUT2D eigenvalue weighted by Crippen LogP contribution is -2.57. The molecule has 0 fully saturated rings. The summed E-state index contributed by atoms with van der Waals surface area (Å²) in [7, 11) is -1.94. The van der Waals surface area contributed by atoms with Crippen molar-refractivity contribution in [3.63, 3.8) is 0 Å². The summed E-state index contributed by atoms with van der Waals surface area (Å²) in [4.78, 5) is 0. The molecule has 146 valence electrons. The fourth-order valence-electron chi connectivity index (χ4n) is 2.05. The minimum atomic E-state index is -3.44. The Bertz CT molecular complexity index is 306. The first-order valence-electron chi connectivity index (χ1n) is 8.69. The summed E-state index contributed by atoms with van der Waals surface area (Å²) in [5.74, 6) is -1.30. The van der Waals surface area contributed by atoms with Crippen molar-refractivity contribution in [1.29, 1.82) is 0 Å². The van der Waals surface area contributed by atoms with E-state index in [0.29, 0.717) is 52.2 Å². The highest BCUT2D eigenvalue weighted by Gasteiger charge is 2.53. The third-order valence-corrected chi connectivity index (χ3v) is 5.38. The van der Waals surface area contributed by atoms with Gasteiger partial charge < -0.3 is 34.2 Å². The predicted molar refractivity (Wildman–Crippen MR) is 94.0 cm³/mol. The Morgan fingerprint density at radius 2 is 1.67 bits per heavy atom. The summed E-state index contributed by atoms with van der Waals surface area (Å²) in [6.07, 6.45) is 1.78. The molecule has 0 heterocycles. The van der Waals surface area contributed by atoms with Gasteiger partial charge in [-0.1, -0.05) is 0 Å². The summed E-state index contributed by atoms with van der Waals surface area (Å²) in [5.41, 5.74) is 11.4. The topological polar surface area (TPSA) is 107 Å². The van der Waals surface area contributed by atoms with E-state index >= 15 is 0 Å². The van der Waals surface area contributed by atoms with Gasteiger partial charge in [0.25, 0.3) is 5.97 Å². The van der Waals surface area contributed by atoms with Crippen molar-refractivity contribution >= 4 is 9.05 Å². The van der Waals surface area contributed by atoms with Crippen molar-refractivity contribution in [1.82, 2.24) is 0 Å². The van der Waals surface area contributed by atoms with E-state index in [-0.39, 0.29) is 6.04 Å². The fraction of sp³-hybridized carbons (Fsp3) is 1.00. The quantitative estimate of drug-likeness (QED) is 0.310. The lowest BCUT2D eigenvalue weighted by molar-refractivity contribution is -0.366. The molecule has 0 aromatic carbocycles. The van der Waals surface area contributed by atoms with E-state index in [1.807, 2.05) is 27.7 Å². The second-order valence-corrected chi connectivity index (χ2v) is 7.48. The van der Waals surface area contributed by atoms with Crippen molar-refractivity contribution < 1.29 is 27.2 Å². The molecule has 0 radical (unpaired) electrons. The number of hydrogen-bond acceptors (Lipinski definition) is 8. The third-order valence-electron chi connectivity index (χ3n) is 3.12. The molecule has 0 aliphatic carbocycles. The Balaban J connectivity index is 5.28. The summed E-state index contributed by atoms with van der Waals surface area (Å²) in [6.45, 7) is 9.55. The normalized spacial score (nSPS) is 16.1. The Morgan fingerprint density at radius 1 is 1.04 bits per heavy atom. The van der Waals surface area contributed by atoms with Crippen LogP contribution in [0.5, 0.6) is 0 Å². The van der Waals surface area contributed by atoms with Crippen LogP contribution >= 0.6 is 0 Å².